The molecule has 0 amide bonds. The van der Waals surface area contributed by atoms with Crippen molar-refractivity contribution in [3.8, 4) is 0 Å². The Kier molecular flexibility index (Phi) is 4.10. The van der Waals surface area contributed by atoms with Gasteiger partial charge >= 0.3 is 5.97 Å². The lowest BCUT2D eigenvalue weighted by molar-refractivity contribution is -0.144. The number of rotatable bonds is 5. The van der Waals surface area contributed by atoms with Gasteiger partial charge in [0.05, 0.1) is 5.92 Å². The van der Waals surface area contributed by atoms with Crippen LogP contribution >= 0.6 is 11.8 Å². The van der Waals surface area contributed by atoms with Gasteiger partial charge in [-0.1, -0.05) is 13.8 Å². The number of hydrogen-bond donors (Lipinski definition) is 1. The highest BCUT2D eigenvalue weighted by Crippen LogP contribution is 2.38. The topological polar surface area (TPSA) is 37.3 Å². The molecule has 1 rings (SSSR count). The van der Waals surface area contributed by atoms with Gasteiger partial charge in [-0.3, -0.25) is 4.79 Å². The van der Waals surface area contributed by atoms with Crippen LogP contribution in [0, 0.1) is 11.8 Å². The maximum atomic E-state index is 10.7. The predicted molar refractivity (Wildman–Crippen MR) is 56.1 cm³/mol. The van der Waals surface area contributed by atoms with Crippen LogP contribution in [0.3, 0.4) is 0 Å². The van der Waals surface area contributed by atoms with E-state index < -0.39 is 5.97 Å². The molecule has 2 nitrogen and oxygen atoms in total. The lowest BCUT2D eigenvalue weighted by Gasteiger charge is -2.32. The Labute approximate surface area is 84.1 Å². The minimum atomic E-state index is -0.603. The molecule has 0 aliphatic heterocycles. The molecule has 0 saturated heterocycles. The fourth-order valence-corrected chi connectivity index (χ4v) is 3.10. The molecular formula is C10H18O2S. The Morgan fingerprint density at radius 1 is 1.54 bits per heavy atom. The zero-order valence-electron chi connectivity index (χ0n) is 8.32. The number of carboxylic acids is 1. The van der Waals surface area contributed by atoms with E-state index in [-0.39, 0.29) is 5.92 Å². The Bertz CT molecular complexity index is 180. The first-order chi connectivity index (χ1) is 6.11. The molecule has 1 N–H and O–H groups in total. The summed E-state index contributed by atoms with van der Waals surface area (Å²) in [5.41, 5.74) is 0. The van der Waals surface area contributed by atoms with Crippen LogP contribution in [0.1, 0.15) is 33.1 Å². The van der Waals surface area contributed by atoms with Crippen LogP contribution in [0.5, 0.6) is 0 Å². The van der Waals surface area contributed by atoms with Gasteiger partial charge in [0.2, 0.25) is 0 Å². The van der Waals surface area contributed by atoms with Crippen LogP contribution in [0.2, 0.25) is 0 Å². The summed E-state index contributed by atoms with van der Waals surface area (Å²) in [6.07, 6.45) is 3.18. The molecule has 0 heterocycles. The first kappa shape index (κ1) is 10.9. The number of carboxylic acid groups (broad SMARTS) is 1. The van der Waals surface area contributed by atoms with Crippen LogP contribution < -0.4 is 0 Å². The molecule has 1 fully saturated rings. The Balaban J connectivity index is 2.12. The SMILES string of the molecule is CC(C)CCSC1CCC1C(=O)O. The summed E-state index contributed by atoms with van der Waals surface area (Å²) in [6, 6.07) is 0. The summed E-state index contributed by atoms with van der Waals surface area (Å²) in [5, 5.41) is 9.20. The van der Waals surface area contributed by atoms with Crippen molar-refractivity contribution in [1.29, 1.82) is 0 Å². The zero-order chi connectivity index (χ0) is 9.84. The molecular weight excluding hydrogens is 184 g/mol. The van der Waals surface area contributed by atoms with Gasteiger partial charge < -0.3 is 5.11 Å². The molecule has 0 aromatic heterocycles. The molecule has 13 heavy (non-hydrogen) atoms. The molecule has 2 unspecified atom stereocenters. The van der Waals surface area contributed by atoms with E-state index in [9.17, 15) is 4.79 Å². The highest BCUT2D eigenvalue weighted by atomic mass is 32.2. The number of hydrogen-bond acceptors (Lipinski definition) is 2. The average molecular weight is 202 g/mol. The third kappa shape index (κ3) is 3.22. The molecule has 1 saturated carbocycles. The minimum absolute atomic E-state index is 0.0582. The van der Waals surface area contributed by atoms with E-state index in [1.165, 1.54) is 6.42 Å². The van der Waals surface area contributed by atoms with Crippen molar-refractivity contribution in [3.63, 3.8) is 0 Å². The van der Waals surface area contributed by atoms with Gasteiger partial charge in [-0.25, -0.2) is 0 Å². The fraction of sp³-hybridized carbons (Fsp3) is 0.900. The molecule has 0 bridgehead atoms. The number of aliphatic carboxylic acids is 1. The molecule has 76 valence electrons. The average Bonchev–Trinajstić information content (AvgIpc) is 1.93. The summed E-state index contributed by atoms with van der Waals surface area (Å²) < 4.78 is 0. The predicted octanol–water partition coefficient (Wildman–Crippen LogP) is 2.63. The summed E-state index contributed by atoms with van der Waals surface area (Å²) >= 11 is 1.85. The third-order valence-corrected chi connectivity index (χ3v) is 4.02. The van der Waals surface area contributed by atoms with E-state index in [1.807, 2.05) is 11.8 Å². The maximum absolute atomic E-state index is 10.7. The highest BCUT2D eigenvalue weighted by molar-refractivity contribution is 8.00. The Hall–Kier alpha value is -0.180. The first-order valence-electron chi connectivity index (χ1n) is 4.95. The Morgan fingerprint density at radius 2 is 2.23 bits per heavy atom. The summed E-state index contributed by atoms with van der Waals surface area (Å²) in [4.78, 5) is 10.7. The first-order valence-corrected chi connectivity index (χ1v) is 6.00. The van der Waals surface area contributed by atoms with E-state index >= 15 is 0 Å². The summed E-state index contributed by atoms with van der Waals surface area (Å²) in [6.45, 7) is 4.41. The zero-order valence-corrected chi connectivity index (χ0v) is 9.14. The number of carbonyl (C=O) groups is 1. The molecule has 0 aromatic carbocycles. The lowest BCUT2D eigenvalue weighted by Crippen LogP contribution is -2.35. The van der Waals surface area contributed by atoms with Gasteiger partial charge in [0, 0.05) is 5.25 Å². The van der Waals surface area contributed by atoms with E-state index in [4.69, 9.17) is 5.11 Å². The van der Waals surface area contributed by atoms with Crippen molar-refractivity contribution in [2.24, 2.45) is 11.8 Å². The van der Waals surface area contributed by atoms with Crippen LogP contribution in [-0.4, -0.2) is 22.1 Å². The van der Waals surface area contributed by atoms with E-state index in [2.05, 4.69) is 13.8 Å². The fourth-order valence-electron chi connectivity index (χ4n) is 1.41. The van der Waals surface area contributed by atoms with Crippen molar-refractivity contribution >= 4 is 17.7 Å². The van der Waals surface area contributed by atoms with Gasteiger partial charge in [-0.2, -0.15) is 11.8 Å². The van der Waals surface area contributed by atoms with E-state index in [0.717, 1.165) is 24.5 Å². The standard InChI is InChI=1S/C10H18O2S/c1-7(2)5-6-13-9-4-3-8(9)10(11)12/h7-9H,3-6H2,1-2H3,(H,11,12). The molecule has 1 aliphatic carbocycles. The largest absolute Gasteiger partial charge is 0.481 e. The normalized spacial score (nSPS) is 27.3. The van der Waals surface area contributed by atoms with Gasteiger partial charge in [-0.15, -0.1) is 0 Å². The van der Waals surface area contributed by atoms with Crippen LogP contribution in [0.15, 0.2) is 0 Å². The van der Waals surface area contributed by atoms with Gasteiger partial charge in [0.1, 0.15) is 0 Å². The van der Waals surface area contributed by atoms with E-state index in [1.54, 1.807) is 0 Å². The van der Waals surface area contributed by atoms with E-state index in [0.29, 0.717) is 5.25 Å². The van der Waals surface area contributed by atoms with Gasteiger partial charge in [0.15, 0.2) is 0 Å². The second-order valence-electron chi connectivity index (χ2n) is 4.11. The third-order valence-electron chi connectivity index (χ3n) is 2.56. The molecule has 0 radical (unpaired) electrons. The molecule has 0 spiro atoms. The monoisotopic (exact) mass is 202 g/mol. The minimum Gasteiger partial charge on any atom is -0.481 e. The maximum Gasteiger partial charge on any atom is 0.307 e. The van der Waals surface area contributed by atoms with Crippen LogP contribution in [0.4, 0.5) is 0 Å². The van der Waals surface area contributed by atoms with Gasteiger partial charge in [-0.05, 0) is 30.9 Å². The van der Waals surface area contributed by atoms with Crippen molar-refractivity contribution in [2.75, 3.05) is 5.75 Å². The smallest absolute Gasteiger partial charge is 0.307 e. The van der Waals surface area contributed by atoms with Crippen molar-refractivity contribution in [1.82, 2.24) is 0 Å². The second kappa shape index (κ2) is 4.89. The summed E-state index contributed by atoms with van der Waals surface area (Å²) in [5.74, 6) is 1.19. The lowest BCUT2D eigenvalue weighted by atomic mass is 9.85. The quantitative estimate of drug-likeness (QED) is 0.744. The van der Waals surface area contributed by atoms with Gasteiger partial charge in [0.25, 0.3) is 0 Å². The molecule has 2 atom stereocenters. The van der Waals surface area contributed by atoms with Crippen LogP contribution in [0.25, 0.3) is 0 Å². The van der Waals surface area contributed by atoms with Crippen molar-refractivity contribution in [3.05, 3.63) is 0 Å². The van der Waals surface area contributed by atoms with Crippen molar-refractivity contribution < 1.29 is 9.90 Å². The highest BCUT2D eigenvalue weighted by Gasteiger charge is 2.36. The summed E-state index contributed by atoms with van der Waals surface area (Å²) in [7, 11) is 0. The second-order valence-corrected chi connectivity index (χ2v) is 5.46. The molecule has 1 aliphatic rings. The Morgan fingerprint density at radius 3 is 2.62 bits per heavy atom. The van der Waals surface area contributed by atoms with Crippen molar-refractivity contribution in [2.45, 2.75) is 38.4 Å². The van der Waals surface area contributed by atoms with Crippen LogP contribution in [-0.2, 0) is 4.79 Å². The number of thioether (sulfide) groups is 1. The molecule has 3 heteroatoms. The molecule has 0 aromatic rings.